The van der Waals surface area contributed by atoms with Crippen LogP contribution in [0.15, 0.2) is 5.16 Å². The van der Waals surface area contributed by atoms with Gasteiger partial charge in [0.2, 0.25) is 0 Å². The van der Waals surface area contributed by atoms with E-state index in [1.54, 1.807) is 11.3 Å². The Hall–Kier alpha value is -0.570. The predicted octanol–water partition coefficient (Wildman–Crippen LogP) is -0.151. The fourth-order valence-corrected chi connectivity index (χ4v) is 0.295. The molecular formula is C3H6N2O. The van der Waals surface area contributed by atoms with Crippen molar-refractivity contribution in [2.75, 3.05) is 13.6 Å². The minimum absolute atomic E-state index is 0.806. The van der Waals surface area contributed by atoms with Gasteiger partial charge in [-0.15, -0.1) is 5.06 Å². The lowest BCUT2D eigenvalue weighted by Crippen LogP contribution is -2.10. The Kier molecular flexibility index (Phi) is 0.759. The number of hydrogen-bond donors (Lipinski definition) is 0. The van der Waals surface area contributed by atoms with Crippen LogP contribution >= 0.6 is 0 Å². The van der Waals surface area contributed by atoms with Crippen molar-refractivity contribution in [1.29, 1.82) is 0 Å². The highest BCUT2D eigenvalue weighted by Gasteiger charge is 1.98. The first-order valence-corrected chi connectivity index (χ1v) is 1.80. The molecule has 0 aliphatic carbocycles. The molecule has 0 amide bonds. The summed E-state index contributed by atoms with van der Waals surface area (Å²) in [6.07, 6.45) is 1.71. The summed E-state index contributed by atoms with van der Waals surface area (Å²) in [7, 11) is 1.83. The molecule has 0 spiro atoms. The van der Waals surface area contributed by atoms with Gasteiger partial charge in [0, 0.05) is 7.05 Å². The molecule has 0 unspecified atom stereocenters. The van der Waals surface area contributed by atoms with Crippen molar-refractivity contribution in [2.45, 2.75) is 0 Å². The predicted molar refractivity (Wildman–Crippen MR) is 22.2 cm³/mol. The van der Waals surface area contributed by atoms with Gasteiger partial charge in [-0.3, -0.25) is 4.94 Å². The Morgan fingerprint density at radius 1 is 2.00 bits per heavy atom. The lowest BCUT2D eigenvalue weighted by molar-refractivity contribution is -0.109. The molecule has 0 N–H and O–H groups in total. The van der Waals surface area contributed by atoms with Gasteiger partial charge < -0.3 is 0 Å². The summed E-state index contributed by atoms with van der Waals surface area (Å²) in [4.78, 5) is 4.56. The Bertz CT molecular complexity index is 63.2. The molecule has 0 bridgehead atoms. The monoisotopic (exact) mass is 86.0 g/mol. The summed E-state index contributed by atoms with van der Waals surface area (Å²) < 4.78 is 0. The smallest absolute Gasteiger partial charge is 0.0757 e. The van der Waals surface area contributed by atoms with Crippen LogP contribution in [0.4, 0.5) is 0 Å². The van der Waals surface area contributed by atoms with E-state index in [2.05, 4.69) is 10.1 Å². The first-order valence-electron chi connectivity index (χ1n) is 1.80. The summed E-state index contributed by atoms with van der Waals surface area (Å²) in [6, 6.07) is 0. The summed E-state index contributed by atoms with van der Waals surface area (Å²) in [5, 5.41) is 5.10. The second kappa shape index (κ2) is 1.26. The molecule has 1 heterocycles. The van der Waals surface area contributed by atoms with Gasteiger partial charge in [0.05, 0.1) is 12.8 Å². The van der Waals surface area contributed by atoms with Crippen molar-refractivity contribution in [3.63, 3.8) is 0 Å². The fourth-order valence-electron chi connectivity index (χ4n) is 0.295. The Balaban J connectivity index is 2.32. The summed E-state index contributed by atoms with van der Waals surface area (Å²) in [5.74, 6) is 0. The maximum absolute atomic E-state index is 4.56. The highest BCUT2D eigenvalue weighted by atomic mass is 16.8. The average Bonchev–Trinajstić information content (AvgIpc) is 1.86. The van der Waals surface area contributed by atoms with Crippen molar-refractivity contribution in [2.24, 2.45) is 5.16 Å². The maximum atomic E-state index is 4.56. The number of oxime groups is 1. The van der Waals surface area contributed by atoms with Crippen LogP contribution in [0, 0.1) is 0 Å². The number of hydrogen-bond acceptors (Lipinski definition) is 3. The lowest BCUT2D eigenvalue weighted by atomic mass is 10.7. The van der Waals surface area contributed by atoms with Gasteiger partial charge in [0.15, 0.2) is 0 Å². The molecule has 0 aromatic heterocycles. The molecule has 0 radical (unpaired) electrons. The quantitative estimate of drug-likeness (QED) is 0.409. The number of rotatable bonds is 0. The van der Waals surface area contributed by atoms with Crippen LogP contribution in [-0.2, 0) is 4.94 Å². The molecule has 3 heteroatoms. The summed E-state index contributed by atoms with van der Waals surface area (Å²) >= 11 is 0. The molecule has 6 heavy (non-hydrogen) atoms. The van der Waals surface area contributed by atoms with Gasteiger partial charge in [-0.1, -0.05) is 5.16 Å². The first-order chi connectivity index (χ1) is 2.89. The standard InChI is InChI=1S/C3H6N2O/c1-5-3-2-4-6-5/h2H,3H2,1H3. The fraction of sp³-hybridized carbons (Fsp3) is 0.667. The highest BCUT2D eigenvalue weighted by Crippen LogP contribution is 1.88. The van der Waals surface area contributed by atoms with E-state index in [0.29, 0.717) is 0 Å². The van der Waals surface area contributed by atoms with Crippen LogP contribution in [0.2, 0.25) is 0 Å². The molecule has 34 valence electrons. The van der Waals surface area contributed by atoms with Gasteiger partial charge >= 0.3 is 0 Å². The molecule has 0 fully saturated rings. The van der Waals surface area contributed by atoms with Crippen molar-refractivity contribution in [3.05, 3.63) is 0 Å². The molecular weight excluding hydrogens is 80.0 g/mol. The molecule has 0 saturated carbocycles. The van der Waals surface area contributed by atoms with Crippen LogP contribution in [0.5, 0.6) is 0 Å². The zero-order chi connectivity index (χ0) is 4.41. The third-order valence-electron chi connectivity index (χ3n) is 0.600. The third kappa shape index (κ3) is 0.490. The van der Waals surface area contributed by atoms with Crippen LogP contribution in [0.1, 0.15) is 0 Å². The van der Waals surface area contributed by atoms with Gasteiger partial charge in [-0.2, -0.15) is 0 Å². The molecule has 0 atom stereocenters. The van der Waals surface area contributed by atoms with Crippen molar-refractivity contribution >= 4 is 6.21 Å². The Morgan fingerprint density at radius 3 is 3.00 bits per heavy atom. The Labute approximate surface area is 36.1 Å². The van der Waals surface area contributed by atoms with E-state index in [1.807, 2.05) is 7.05 Å². The van der Waals surface area contributed by atoms with Crippen molar-refractivity contribution in [3.8, 4) is 0 Å². The SMILES string of the molecule is CN1CC=NO1. The summed E-state index contributed by atoms with van der Waals surface area (Å²) in [5.41, 5.74) is 0. The van der Waals surface area contributed by atoms with Crippen molar-refractivity contribution in [1.82, 2.24) is 5.06 Å². The zero-order valence-corrected chi connectivity index (χ0v) is 3.59. The van der Waals surface area contributed by atoms with Gasteiger partial charge in [0.1, 0.15) is 0 Å². The lowest BCUT2D eigenvalue weighted by Gasteiger charge is -1.98. The number of hydroxylamine groups is 2. The van der Waals surface area contributed by atoms with Crippen LogP contribution in [0.25, 0.3) is 0 Å². The van der Waals surface area contributed by atoms with Gasteiger partial charge in [-0.05, 0) is 0 Å². The van der Waals surface area contributed by atoms with Crippen LogP contribution in [0.3, 0.4) is 0 Å². The molecule has 0 saturated heterocycles. The van der Waals surface area contributed by atoms with E-state index >= 15 is 0 Å². The highest BCUT2D eigenvalue weighted by molar-refractivity contribution is 5.59. The molecule has 1 rings (SSSR count). The first kappa shape index (κ1) is 3.61. The van der Waals surface area contributed by atoms with E-state index in [9.17, 15) is 0 Å². The van der Waals surface area contributed by atoms with E-state index in [4.69, 9.17) is 0 Å². The molecule has 1 aliphatic heterocycles. The topological polar surface area (TPSA) is 24.8 Å². The molecule has 1 aliphatic rings. The molecule has 0 aromatic carbocycles. The Morgan fingerprint density at radius 2 is 2.83 bits per heavy atom. The molecule has 3 nitrogen and oxygen atoms in total. The summed E-state index contributed by atoms with van der Waals surface area (Å²) in [6.45, 7) is 0.806. The van der Waals surface area contributed by atoms with Gasteiger partial charge in [-0.25, -0.2) is 0 Å². The number of nitrogens with zero attached hydrogens (tertiary/aromatic N) is 2. The van der Waals surface area contributed by atoms with Crippen LogP contribution in [-0.4, -0.2) is 24.9 Å². The second-order valence-corrected chi connectivity index (χ2v) is 1.18. The zero-order valence-electron chi connectivity index (χ0n) is 3.59. The van der Waals surface area contributed by atoms with E-state index in [-0.39, 0.29) is 0 Å². The maximum Gasteiger partial charge on any atom is 0.0757 e. The largest absolute Gasteiger partial charge is 0.297 e. The average molecular weight is 86.1 g/mol. The van der Waals surface area contributed by atoms with Gasteiger partial charge in [0.25, 0.3) is 0 Å². The van der Waals surface area contributed by atoms with E-state index in [0.717, 1.165) is 6.54 Å². The minimum atomic E-state index is 0.806. The molecule has 0 aromatic rings. The second-order valence-electron chi connectivity index (χ2n) is 1.18. The third-order valence-corrected chi connectivity index (χ3v) is 0.600. The van der Waals surface area contributed by atoms with Crippen molar-refractivity contribution < 1.29 is 4.94 Å². The van der Waals surface area contributed by atoms with E-state index < -0.39 is 0 Å². The normalized spacial score (nSPS) is 21.5. The van der Waals surface area contributed by atoms with E-state index in [1.165, 1.54) is 0 Å². The van der Waals surface area contributed by atoms with Crippen LogP contribution < -0.4 is 0 Å². The minimum Gasteiger partial charge on any atom is -0.297 e.